The van der Waals surface area contributed by atoms with E-state index in [1.807, 2.05) is 4.90 Å². The van der Waals surface area contributed by atoms with E-state index in [1.54, 1.807) is 5.38 Å². The number of carboxylic acid groups (broad SMARTS) is 1. The molecular formula is C13H18N2O3S. The molecular weight excluding hydrogens is 264 g/mol. The lowest BCUT2D eigenvalue weighted by atomic mass is 10.1. The van der Waals surface area contributed by atoms with E-state index in [9.17, 15) is 9.59 Å². The van der Waals surface area contributed by atoms with Crippen LogP contribution in [-0.4, -0.2) is 39.5 Å². The van der Waals surface area contributed by atoms with Gasteiger partial charge in [0, 0.05) is 30.8 Å². The minimum atomic E-state index is -0.983. The summed E-state index contributed by atoms with van der Waals surface area (Å²) in [6.45, 7) is 2.86. The highest BCUT2D eigenvalue weighted by Gasteiger charge is 2.28. The first-order valence-corrected chi connectivity index (χ1v) is 7.47. The summed E-state index contributed by atoms with van der Waals surface area (Å²) in [6.07, 6.45) is 4.22. The van der Waals surface area contributed by atoms with Crippen molar-refractivity contribution in [3.8, 4) is 0 Å². The molecule has 0 radical (unpaired) electrons. The van der Waals surface area contributed by atoms with Crippen LogP contribution in [0.2, 0.25) is 0 Å². The molecule has 19 heavy (non-hydrogen) atoms. The molecule has 1 saturated heterocycles. The maximum atomic E-state index is 11.7. The Bertz CT molecular complexity index is 472. The summed E-state index contributed by atoms with van der Waals surface area (Å²) in [5.41, 5.74) is 0.115. The van der Waals surface area contributed by atoms with Gasteiger partial charge in [-0.2, -0.15) is 0 Å². The van der Waals surface area contributed by atoms with Crippen LogP contribution in [0.5, 0.6) is 0 Å². The Kier molecular flexibility index (Phi) is 4.52. The number of nitrogens with zero attached hydrogens (tertiary/aromatic N) is 2. The van der Waals surface area contributed by atoms with Crippen LogP contribution in [0.25, 0.3) is 0 Å². The van der Waals surface area contributed by atoms with Crippen LogP contribution in [0, 0.1) is 0 Å². The number of carboxylic acids is 1. The lowest BCUT2D eigenvalue weighted by Gasteiger charge is -2.23. The van der Waals surface area contributed by atoms with Crippen LogP contribution >= 0.6 is 11.3 Å². The fraction of sp³-hybridized carbons (Fsp3) is 0.615. The van der Waals surface area contributed by atoms with Crippen molar-refractivity contribution in [3.05, 3.63) is 16.1 Å². The molecule has 0 aliphatic carbocycles. The van der Waals surface area contributed by atoms with Gasteiger partial charge < -0.3 is 10.0 Å². The fourth-order valence-electron chi connectivity index (χ4n) is 2.45. The van der Waals surface area contributed by atoms with Gasteiger partial charge in [-0.05, 0) is 19.3 Å². The first-order chi connectivity index (χ1) is 9.11. The van der Waals surface area contributed by atoms with Gasteiger partial charge in [0.25, 0.3) is 0 Å². The molecule has 2 heterocycles. The van der Waals surface area contributed by atoms with Crippen LogP contribution in [0.15, 0.2) is 5.38 Å². The molecule has 1 unspecified atom stereocenters. The van der Waals surface area contributed by atoms with Crippen molar-refractivity contribution in [1.82, 2.24) is 9.88 Å². The number of hydrogen-bond donors (Lipinski definition) is 1. The molecule has 1 aromatic rings. The summed E-state index contributed by atoms with van der Waals surface area (Å²) >= 11 is 1.37. The minimum absolute atomic E-state index is 0.115. The quantitative estimate of drug-likeness (QED) is 0.868. The van der Waals surface area contributed by atoms with Crippen LogP contribution in [-0.2, 0) is 11.2 Å². The topological polar surface area (TPSA) is 70.5 Å². The molecule has 1 atom stereocenters. The number of likely N-dealkylation sites (tertiary alicyclic amines) is 1. The van der Waals surface area contributed by atoms with Gasteiger partial charge in [0.2, 0.25) is 5.91 Å². The Labute approximate surface area is 116 Å². The summed E-state index contributed by atoms with van der Waals surface area (Å²) in [6, 6.07) is 0.387. The molecule has 1 N–H and O–H groups in total. The molecule has 0 bridgehead atoms. The molecule has 1 amide bonds. The van der Waals surface area contributed by atoms with Gasteiger partial charge in [0.1, 0.15) is 0 Å². The number of aromatic carboxylic acids is 1. The van der Waals surface area contributed by atoms with Crippen LogP contribution in [0.1, 0.15) is 48.1 Å². The third-order valence-electron chi connectivity index (χ3n) is 3.48. The summed E-state index contributed by atoms with van der Waals surface area (Å²) < 4.78 is 0. The second kappa shape index (κ2) is 6.14. The average Bonchev–Trinajstić information content (AvgIpc) is 2.98. The predicted molar refractivity (Wildman–Crippen MR) is 72.4 cm³/mol. The molecule has 0 saturated carbocycles. The molecule has 6 heteroatoms. The summed E-state index contributed by atoms with van der Waals surface area (Å²) in [4.78, 5) is 28.4. The third kappa shape index (κ3) is 3.32. The molecule has 104 valence electrons. The normalized spacial score (nSPS) is 19.1. The largest absolute Gasteiger partial charge is 0.476 e. The minimum Gasteiger partial charge on any atom is -0.476 e. The van der Waals surface area contributed by atoms with Crippen LogP contribution < -0.4 is 0 Å². The summed E-state index contributed by atoms with van der Waals surface area (Å²) in [7, 11) is 0. The zero-order valence-corrected chi connectivity index (χ0v) is 11.8. The van der Waals surface area contributed by atoms with Crippen molar-refractivity contribution < 1.29 is 14.7 Å². The van der Waals surface area contributed by atoms with Gasteiger partial charge in [-0.3, -0.25) is 4.79 Å². The molecule has 5 nitrogen and oxygen atoms in total. The molecule has 0 aromatic carbocycles. The van der Waals surface area contributed by atoms with Crippen molar-refractivity contribution in [1.29, 1.82) is 0 Å². The Morgan fingerprint density at radius 1 is 1.63 bits per heavy atom. The maximum absolute atomic E-state index is 11.7. The molecule has 1 aliphatic rings. The van der Waals surface area contributed by atoms with Crippen molar-refractivity contribution in [3.63, 3.8) is 0 Å². The highest BCUT2D eigenvalue weighted by atomic mass is 32.1. The number of thiazole rings is 1. The SMILES string of the molecule is CCC1CCC(=O)N1CCCc1nc(C(=O)O)cs1. The number of carbonyl (C=O) groups excluding carboxylic acids is 1. The highest BCUT2D eigenvalue weighted by molar-refractivity contribution is 7.09. The molecule has 1 aliphatic heterocycles. The standard InChI is InChI=1S/C13H18N2O3S/c1-2-9-5-6-12(16)15(9)7-3-4-11-14-10(8-19-11)13(17)18/h8-9H,2-7H2,1H3,(H,17,18). The van der Waals surface area contributed by atoms with Crippen molar-refractivity contribution in [2.45, 2.75) is 45.1 Å². The van der Waals surface area contributed by atoms with E-state index in [2.05, 4.69) is 11.9 Å². The van der Waals surface area contributed by atoms with Crippen LogP contribution in [0.4, 0.5) is 0 Å². The maximum Gasteiger partial charge on any atom is 0.355 e. The van der Waals surface area contributed by atoms with E-state index >= 15 is 0 Å². The van der Waals surface area contributed by atoms with E-state index in [4.69, 9.17) is 5.11 Å². The predicted octanol–water partition coefficient (Wildman–Crippen LogP) is 2.17. The second-order valence-electron chi connectivity index (χ2n) is 4.72. The van der Waals surface area contributed by atoms with Crippen molar-refractivity contribution in [2.24, 2.45) is 0 Å². The van der Waals surface area contributed by atoms with E-state index in [0.717, 1.165) is 37.2 Å². The number of carbonyl (C=O) groups is 2. The summed E-state index contributed by atoms with van der Waals surface area (Å²) in [5.74, 6) is -0.736. The smallest absolute Gasteiger partial charge is 0.355 e. The van der Waals surface area contributed by atoms with E-state index in [1.165, 1.54) is 11.3 Å². The Morgan fingerprint density at radius 2 is 2.42 bits per heavy atom. The first kappa shape index (κ1) is 14.0. The monoisotopic (exact) mass is 282 g/mol. The molecule has 2 rings (SSSR count). The van der Waals surface area contributed by atoms with Gasteiger partial charge in [-0.1, -0.05) is 6.92 Å². The molecule has 0 spiro atoms. The average molecular weight is 282 g/mol. The van der Waals surface area contributed by atoms with Gasteiger partial charge in [-0.15, -0.1) is 11.3 Å². The van der Waals surface area contributed by atoms with Gasteiger partial charge in [0.15, 0.2) is 5.69 Å². The lowest BCUT2D eigenvalue weighted by molar-refractivity contribution is -0.129. The third-order valence-corrected chi connectivity index (χ3v) is 4.39. The van der Waals surface area contributed by atoms with Crippen molar-refractivity contribution in [2.75, 3.05) is 6.54 Å². The van der Waals surface area contributed by atoms with Gasteiger partial charge in [-0.25, -0.2) is 9.78 Å². The van der Waals surface area contributed by atoms with Crippen molar-refractivity contribution >= 4 is 23.2 Å². The Morgan fingerprint density at radius 3 is 3.05 bits per heavy atom. The van der Waals surface area contributed by atoms with Crippen LogP contribution in [0.3, 0.4) is 0 Å². The zero-order valence-electron chi connectivity index (χ0n) is 11.0. The summed E-state index contributed by atoms with van der Waals surface area (Å²) in [5, 5.41) is 11.2. The number of hydrogen-bond acceptors (Lipinski definition) is 4. The van der Waals surface area contributed by atoms with Gasteiger partial charge in [0.05, 0.1) is 5.01 Å². The van der Waals surface area contributed by atoms with E-state index < -0.39 is 5.97 Å². The molecule has 1 fully saturated rings. The van der Waals surface area contributed by atoms with E-state index in [-0.39, 0.29) is 11.6 Å². The number of aromatic nitrogens is 1. The van der Waals surface area contributed by atoms with E-state index in [0.29, 0.717) is 12.5 Å². The number of rotatable bonds is 6. The first-order valence-electron chi connectivity index (χ1n) is 6.59. The van der Waals surface area contributed by atoms with Gasteiger partial charge >= 0.3 is 5.97 Å². The Hall–Kier alpha value is -1.43. The highest BCUT2D eigenvalue weighted by Crippen LogP contribution is 2.22. The number of amides is 1. The second-order valence-corrected chi connectivity index (χ2v) is 5.67. The molecule has 1 aromatic heterocycles. The number of aryl methyl sites for hydroxylation is 1. The fourth-order valence-corrected chi connectivity index (χ4v) is 3.26. The lowest BCUT2D eigenvalue weighted by Crippen LogP contribution is -2.33. The Balaban J connectivity index is 1.82. The zero-order chi connectivity index (χ0) is 13.8.